The Labute approximate surface area is 128 Å². The maximum Gasteiger partial charge on any atom is 0.172 e. The molecule has 2 aromatic rings. The molecule has 0 unspecified atom stereocenters. The lowest BCUT2D eigenvalue weighted by atomic mass is 9.95. The number of rotatable bonds is 4. The van der Waals surface area contributed by atoms with Gasteiger partial charge in [-0.2, -0.15) is 0 Å². The third-order valence-corrected chi connectivity index (χ3v) is 3.90. The molecular weight excluding hydrogens is 286 g/mol. The van der Waals surface area contributed by atoms with Gasteiger partial charge in [0, 0.05) is 11.1 Å². The van der Waals surface area contributed by atoms with Gasteiger partial charge in [-0.05, 0) is 36.6 Å². The van der Waals surface area contributed by atoms with E-state index in [-0.39, 0.29) is 23.9 Å². The third-order valence-electron chi connectivity index (χ3n) is 3.90. The second-order valence-electron chi connectivity index (χ2n) is 5.47. The fourth-order valence-corrected chi connectivity index (χ4v) is 2.58. The number of hydrogen-bond donors (Lipinski definition) is 0. The SMILES string of the molecule is CCCCOc1ccc2c(c1F)COc1c-2ccc(C)c1F. The second-order valence-corrected chi connectivity index (χ2v) is 5.47. The smallest absolute Gasteiger partial charge is 0.172 e. The van der Waals surface area contributed by atoms with Crippen molar-refractivity contribution in [3.05, 3.63) is 47.0 Å². The third kappa shape index (κ3) is 2.43. The molecule has 3 rings (SSSR count). The quantitative estimate of drug-likeness (QED) is 0.739. The molecule has 0 aliphatic carbocycles. The van der Waals surface area contributed by atoms with Crippen molar-refractivity contribution in [1.29, 1.82) is 0 Å². The highest BCUT2D eigenvalue weighted by Crippen LogP contribution is 2.42. The molecule has 0 radical (unpaired) electrons. The van der Waals surface area contributed by atoms with Gasteiger partial charge in [-0.25, -0.2) is 8.78 Å². The number of fused-ring (bicyclic) bond motifs is 3. The zero-order valence-corrected chi connectivity index (χ0v) is 12.7. The Morgan fingerprint density at radius 3 is 2.64 bits per heavy atom. The standard InChI is InChI=1S/C18H18F2O2/c1-3-4-9-21-15-8-7-12-13-6-5-11(2)16(19)18(13)22-10-14(12)17(15)20/h5-8H,3-4,9-10H2,1-2H3. The minimum Gasteiger partial charge on any atom is -0.491 e. The Bertz CT molecular complexity index is 711. The van der Waals surface area contributed by atoms with Crippen molar-refractivity contribution in [1.82, 2.24) is 0 Å². The van der Waals surface area contributed by atoms with Crippen LogP contribution in [0.5, 0.6) is 11.5 Å². The number of unbranched alkanes of at least 4 members (excludes halogenated alkanes) is 1. The highest BCUT2D eigenvalue weighted by molar-refractivity contribution is 5.76. The summed E-state index contributed by atoms with van der Waals surface area (Å²) in [4.78, 5) is 0. The monoisotopic (exact) mass is 304 g/mol. The summed E-state index contributed by atoms with van der Waals surface area (Å²) < 4.78 is 39.6. The van der Waals surface area contributed by atoms with E-state index >= 15 is 0 Å². The van der Waals surface area contributed by atoms with Gasteiger partial charge in [0.1, 0.15) is 6.61 Å². The molecule has 0 N–H and O–H groups in total. The van der Waals surface area contributed by atoms with Crippen molar-refractivity contribution in [2.24, 2.45) is 0 Å². The molecule has 0 atom stereocenters. The van der Waals surface area contributed by atoms with Gasteiger partial charge in [0.25, 0.3) is 0 Å². The van der Waals surface area contributed by atoms with E-state index in [2.05, 4.69) is 0 Å². The van der Waals surface area contributed by atoms with Gasteiger partial charge < -0.3 is 9.47 Å². The Morgan fingerprint density at radius 1 is 1.09 bits per heavy atom. The van der Waals surface area contributed by atoms with E-state index in [0.29, 0.717) is 28.9 Å². The summed E-state index contributed by atoms with van der Waals surface area (Å²) in [6, 6.07) is 6.82. The number of aryl methyl sites for hydroxylation is 1. The van der Waals surface area contributed by atoms with E-state index in [1.807, 2.05) is 6.92 Å². The van der Waals surface area contributed by atoms with Crippen LogP contribution in [0, 0.1) is 18.6 Å². The lowest BCUT2D eigenvalue weighted by molar-refractivity contribution is 0.268. The molecule has 0 saturated heterocycles. The molecule has 1 heterocycles. The van der Waals surface area contributed by atoms with Crippen LogP contribution >= 0.6 is 0 Å². The predicted octanol–water partition coefficient (Wildman–Crippen LogP) is 5.01. The molecule has 22 heavy (non-hydrogen) atoms. The molecule has 0 aromatic heterocycles. The highest BCUT2D eigenvalue weighted by atomic mass is 19.1. The van der Waals surface area contributed by atoms with Crippen molar-refractivity contribution in [3.8, 4) is 22.6 Å². The lowest BCUT2D eigenvalue weighted by Crippen LogP contribution is -2.11. The molecule has 2 aromatic carbocycles. The van der Waals surface area contributed by atoms with Crippen LogP contribution in [-0.4, -0.2) is 6.61 Å². The molecule has 116 valence electrons. The van der Waals surface area contributed by atoms with Gasteiger partial charge in [0.2, 0.25) is 0 Å². The van der Waals surface area contributed by atoms with E-state index in [4.69, 9.17) is 9.47 Å². The average Bonchev–Trinajstić information content (AvgIpc) is 2.53. The van der Waals surface area contributed by atoms with E-state index < -0.39 is 5.82 Å². The molecule has 0 saturated carbocycles. The van der Waals surface area contributed by atoms with Gasteiger partial charge in [-0.1, -0.05) is 25.5 Å². The first kappa shape index (κ1) is 14.8. The summed E-state index contributed by atoms with van der Waals surface area (Å²) in [6.07, 6.45) is 1.86. The number of hydrogen-bond acceptors (Lipinski definition) is 2. The number of benzene rings is 2. The fourth-order valence-electron chi connectivity index (χ4n) is 2.58. The maximum atomic E-state index is 14.6. The summed E-state index contributed by atoms with van der Waals surface area (Å²) in [5, 5.41) is 0. The van der Waals surface area contributed by atoms with Gasteiger partial charge in [0.15, 0.2) is 23.1 Å². The molecule has 0 fully saturated rings. The molecule has 0 spiro atoms. The van der Waals surface area contributed by atoms with Crippen LogP contribution in [-0.2, 0) is 6.61 Å². The van der Waals surface area contributed by atoms with Crippen molar-refractivity contribution in [2.75, 3.05) is 6.61 Å². The van der Waals surface area contributed by atoms with E-state index in [1.165, 1.54) is 0 Å². The van der Waals surface area contributed by atoms with E-state index in [0.717, 1.165) is 12.8 Å². The summed E-state index contributed by atoms with van der Waals surface area (Å²) in [5.41, 5.74) is 2.19. The van der Waals surface area contributed by atoms with E-state index in [9.17, 15) is 8.78 Å². The Morgan fingerprint density at radius 2 is 1.86 bits per heavy atom. The van der Waals surface area contributed by atoms with Crippen LogP contribution in [0.3, 0.4) is 0 Å². The van der Waals surface area contributed by atoms with Crippen LogP contribution in [0.2, 0.25) is 0 Å². The normalized spacial score (nSPS) is 12.4. The Hall–Kier alpha value is -2.10. The van der Waals surface area contributed by atoms with Crippen LogP contribution in [0.4, 0.5) is 8.78 Å². The first-order valence-corrected chi connectivity index (χ1v) is 7.50. The van der Waals surface area contributed by atoms with Crippen LogP contribution in [0.25, 0.3) is 11.1 Å². The summed E-state index contributed by atoms with van der Waals surface area (Å²) in [7, 11) is 0. The zero-order valence-electron chi connectivity index (χ0n) is 12.7. The summed E-state index contributed by atoms with van der Waals surface area (Å²) in [6.45, 7) is 4.23. The average molecular weight is 304 g/mol. The van der Waals surface area contributed by atoms with Gasteiger partial charge >= 0.3 is 0 Å². The van der Waals surface area contributed by atoms with Gasteiger partial charge in [-0.15, -0.1) is 0 Å². The van der Waals surface area contributed by atoms with Crippen molar-refractivity contribution in [2.45, 2.75) is 33.3 Å². The lowest BCUT2D eigenvalue weighted by Gasteiger charge is -2.23. The largest absolute Gasteiger partial charge is 0.491 e. The van der Waals surface area contributed by atoms with Crippen LogP contribution in [0.1, 0.15) is 30.9 Å². The second kappa shape index (κ2) is 5.95. The molecule has 4 heteroatoms. The molecule has 2 nitrogen and oxygen atoms in total. The fraction of sp³-hybridized carbons (Fsp3) is 0.333. The highest BCUT2D eigenvalue weighted by Gasteiger charge is 2.25. The molecule has 0 bridgehead atoms. The van der Waals surface area contributed by atoms with Crippen LogP contribution < -0.4 is 9.47 Å². The zero-order chi connectivity index (χ0) is 15.7. The number of halogens is 2. The Kier molecular flexibility index (Phi) is 4.01. The minimum atomic E-state index is -0.416. The first-order valence-electron chi connectivity index (χ1n) is 7.50. The topological polar surface area (TPSA) is 18.5 Å². The Balaban J connectivity index is 2.01. The van der Waals surface area contributed by atoms with E-state index in [1.54, 1.807) is 31.2 Å². The van der Waals surface area contributed by atoms with Gasteiger partial charge in [-0.3, -0.25) is 0 Å². The molecule has 1 aliphatic rings. The summed E-state index contributed by atoms with van der Waals surface area (Å²) >= 11 is 0. The minimum absolute atomic E-state index is 0.0134. The van der Waals surface area contributed by atoms with Crippen molar-refractivity contribution < 1.29 is 18.3 Å². The number of ether oxygens (including phenoxy) is 2. The van der Waals surface area contributed by atoms with Crippen LogP contribution in [0.15, 0.2) is 24.3 Å². The van der Waals surface area contributed by atoms with Crippen molar-refractivity contribution in [3.63, 3.8) is 0 Å². The van der Waals surface area contributed by atoms with Gasteiger partial charge in [0.05, 0.1) is 6.61 Å². The first-order chi connectivity index (χ1) is 10.6. The molecule has 1 aliphatic heterocycles. The summed E-state index contributed by atoms with van der Waals surface area (Å²) in [5.74, 6) is -0.370. The molecule has 0 amide bonds. The van der Waals surface area contributed by atoms with Crippen molar-refractivity contribution >= 4 is 0 Å². The maximum absolute atomic E-state index is 14.6. The molecular formula is C18H18F2O2. The predicted molar refractivity (Wildman–Crippen MR) is 81.3 cm³/mol.